The predicted octanol–water partition coefficient (Wildman–Crippen LogP) is 3.25. The number of nitrogens with zero attached hydrogens (tertiary/aromatic N) is 3. The first-order valence-corrected chi connectivity index (χ1v) is 9.43. The van der Waals surface area contributed by atoms with Crippen LogP contribution in [0.25, 0.3) is 10.9 Å². The van der Waals surface area contributed by atoms with Gasteiger partial charge in [0.2, 0.25) is 5.91 Å². The van der Waals surface area contributed by atoms with E-state index in [9.17, 15) is 9.59 Å². The molecule has 2 aromatic carbocycles. The van der Waals surface area contributed by atoms with Gasteiger partial charge in [0.25, 0.3) is 5.56 Å². The fourth-order valence-electron chi connectivity index (χ4n) is 3.91. The maximum atomic E-state index is 13.1. The van der Waals surface area contributed by atoms with Crippen LogP contribution < -0.4 is 15.2 Å². The molecular weight excluding hydrogens is 354 g/mol. The number of aromatic nitrogens is 2. The second kappa shape index (κ2) is 7.11. The SMILES string of the molecule is COc1cccc2c1N(C(=O)Cn1cnc3c(C)cccc3c1=O)CCC2C. The van der Waals surface area contributed by atoms with E-state index < -0.39 is 0 Å². The number of amides is 1. The van der Waals surface area contributed by atoms with E-state index in [4.69, 9.17) is 4.74 Å². The summed E-state index contributed by atoms with van der Waals surface area (Å²) >= 11 is 0. The Morgan fingerprint density at radius 1 is 1.25 bits per heavy atom. The molecule has 4 rings (SSSR count). The summed E-state index contributed by atoms with van der Waals surface area (Å²) in [6.45, 7) is 4.62. The highest BCUT2D eigenvalue weighted by Crippen LogP contribution is 2.41. The molecule has 1 atom stereocenters. The van der Waals surface area contributed by atoms with Gasteiger partial charge >= 0.3 is 0 Å². The molecule has 3 aromatic rings. The molecule has 1 aromatic heterocycles. The standard InChI is InChI=1S/C22H23N3O3/c1-14-10-11-25(21-16(14)7-5-9-18(21)28-3)19(26)12-24-13-23-20-15(2)6-4-8-17(20)22(24)27/h4-9,13-14H,10-12H2,1-3H3. The van der Waals surface area contributed by atoms with Gasteiger partial charge in [0.1, 0.15) is 12.3 Å². The Bertz CT molecular complexity index is 1120. The van der Waals surface area contributed by atoms with Gasteiger partial charge in [0.15, 0.2) is 0 Å². The summed E-state index contributed by atoms with van der Waals surface area (Å²) in [5, 5.41) is 0.528. The van der Waals surface area contributed by atoms with E-state index in [-0.39, 0.29) is 18.0 Å². The largest absolute Gasteiger partial charge is 0.495 e. The van der Waals surface area contributed by atoms with E-state index in [1.165, 1.54) is 10.9 Å². The molecule has 2 heterocycles. The molecule has 0 N–H and O–H groups in total. The number of methoxy groups -OCH3 is 1. The maximum absolute atomic E-state index is 13.1. The molecule has 0 spiro atoms. The van der Waals surface area contributed by atoms with Crippen LogP contribution in [0.15, 0.2) is 47.5 Å². The van der Waals surface area contributed by atoms with Gasteiger partial charge in [-0.15, -0.1) is 0 Å². The van der Waals surface area contributed by atoms with Crippen molar-refractivity contribution in [1.82, 2.24) is 9.55 Å². The van der Waals surface area contributed by atoms with E-state index >= 15 is 0 Å². The molecule has 6 nitrogen and oxygen atoms in total. The molecule has 1 aliphatic rings. The average molecular weight is 377 g/mol. The molecule has 144 valence electrons. The third-order valence-corrected chi connectivity index (χ3v) is 5.50. The highest BCUT2D eigenvalue weighted by molar-refractivity contribution is 5.96. The molecule has 0 fully saturated rings. The summed E-state index contributed by atoms with van der Waals surface area (Å²) in [5.74, 6) is 0.882. The number of aryl methyl sites for hydroxylation is 1. The molecule has 0 saturated carbocycles. The highest BCUT2D eigenvalue weighted by Gasteiger charge is 2.29. The molecule has 1 aliphatic heterocycles. The van der Waals surface area contributed by atoms with Crippen molar-refractivity contribution in [1.29, 1.82) is 0 Å². The number of fused-ring (bicyclic) bond motifs is 2. The third kappa shape index (κ3) is 2.95. The first-order chi connectivity index (χ1) is 13.5. The zero-order valence-corrected chi connectivity index (χ0v) is 16.3. The topological polar surface area (TPSA) is 64.4 Å². The van der Waals surface area contributed by atoms with E-state index in [0.717, 1.165) is 23.2 Å². The molecule has 6 heteroatoms. The van der Waals surface area contributed by atoms with E-state index in [0.29, 0.717) is 29.1 Å². The van der Waals surface area contributed by atoms with Crippen LogP contribution in [0.2, 0.25) is 0 Å². The number of ether oxygens (including phenoxy) is 1. The lowest BCUT2D eigenvalue weighted by atomic mass is 9.91. The first-order valence-electron chi connectivity index (χ1n) is 9.43. The minimum atomic E-state index is -0.201. The molecule has 0 saturated heterocycles. The summed E-state index contributed by atoms with van der Waals surface area (Å²) in [6.07, 6.45) is 2.33. The number of anilines is 1. The van der Waals surface area contributed by atoms with Gasteiger partial charge in [-0.25, -0.2) is 4.98 Å². The minimum Gasteiger partial charge on any atom is -0.495 e. The first kappa shape index (κ1) is 18.2. The normalized spacial score (nSPS) is 16.1. The zero-order valence-electron chi connectivity index (χ0n) is 16.3. The van der Waals surface area contributed by atoms with Crippen molar-refractivity contribution in [2.24, 2.45) is 0 Å². The Labute approximate surface area is 163 Å². The molecule has 0 aliphatic carbocycles. The number of para-hydroxylation sites is 2. The van der Waals surface area contributed by atoms with Crippen molar-refractivity contribution in [2.75, 3.05) is 18.6 Å². The fourth-order valence-corrected chi connectivity index (χ4v) is 3.91. The average Bonchev–Trinajstić information content (AvgIpc) is 2.70. The van der Waals surface area contributed by atoms with Gasteiger partial charge in [-0.3, -0.25) is 14.2 Å². The number of rotatable bonds is 3. The van der Waals surface area contributed by atoms with Crippen LogP contribution in [0.4, 0.5) is 5.69 Å². The smallest absolute Gasteiger partial charge is 0.261 e. The second-order valence-electron chi connectivity index (χ2n) is 7.28. The molecule has 0 bridgehead atoms. The molecule has 28 heavy (non-hydrogen) atoms. The molecule has 0 radical (unpaired) electrons. The van der Waals surface area contributed by atoms with Gasteiger partial charge < -0.3 is 9.64 Å². The van der Waals surface area contributed by atoms with Crippen molar-refractivity contribution in [3.63, 3.8) is 0 Å². The van der Waals surface area contributed by atoms with Crippen LogP contribution >= 0.6 is 0 Å². The van der Waals surface area contributed by atoms with Crippen molar-refractivity contribution >= 4 is 22.5 Å². The number of benzene rings is 2. The van der Waals surface area contributed by atoms with Crippen molar-refractivity contribution < 1.29 is 9.53 Å². The zero-order chi connectivity index (χ0) is 19.8. The molecular formula is C22H23N3O3. The number of carbonyl (C=O) groups is 1. The summed E-state index contributed by atoms with van der Waals surface area (Å²) in [7, 11) is 1.61. The van der Waals surface area contributed by atoms with Gasteiger partial charge in [-0.05, 0) is 42.5 Å². The summed E-state index contributed by atoms with van der Waals surface area (Å²) in [5.41, 5.74) is 3.32. The van der Waals surface area contributed by atoms with Crippen molar-refractivity contribution in [2.45, 2.75) is 32.7 Å². The number of carbonyl (C=O) groups excluding carboxylic acids is 1. The highest BCUT2D eigenvalue weighted by atomic mass is 16.5. The van der Waals surface area contributed by atoms with Gasteiger partial charge in [-0.2, -0.15) is 0 Å². The Hall–Kier alpha value is -3.15. The molecule has 1 amide bonds. The van der Waals surface area contributed by atoms with Gasteiger partial charge in [-0.1, -0.05) is 31.2 Å². The fraction of sp³-hybridized carbons (Fsp3) is 0.318. The Morgan fingerprint density at radius 3 is 2.82 bits per heavy atom. The Morgan fingerprint density at radius 2 is 2.04 bits per heavy atom. The Kier molecular flexibility index (Phi) is 4.63. The van der Waals surface area contributed by atoms with Crippen LogP contribution in [-0.4, -0.2) is 29.1 Å². The van der Waals surface area contributed by atoms with E-state index in [2.05, 4.69) is 11.9 Å². The second-order valence-corrected chi connectivity index (χ2v) is 7.28. The predicted molar refractivity (Wildman–Crippen MR) is 109 cm³/mol. The van der Waals surface area contributed by atoms with Crippen LogP contribution in [0, 0.1) is 6.92 Å². The van der Waals surface area contributed by atoms with E-state index in [1.807, 2.05) is 37.3 Å². The summed E-state index contributed by atoms with van der Waals surface area (Å²) in [4.78, 5) is 32.1. The van der Waals surface area contributed by atoms with Crippen molar-refractivity contribution in [3.05, 3.63) is 64.2 Å². The monoisotopic (exact) mass is 377 g/mol. The lowest BCUT2D eigenvalue weighted by Gasteiger charge is -2.34. The number of hydrogen-bond donors (Lipinski definition) is 0. The van der Waals surface area contributed by atoms with Gasteiger partial charge in [0.05, 0.1) is 30.0 Å². The van der Waals surface area contributed by atoms with E-state index in [1.54, 1.807) is 18.1 Å². The van der Waals surface area contributed by atoms with Crippen LogP contribution in [-0.2, 0) is 11.3 Å². The lowest BCUT2D eigenvalue weighted by molar-refractivity contribution is -0.119. The van der Waals surface area contributed by atoms with Gasteiger partial charge in [0, 0.05) is 6.54 Å². The summed E-state index contributed by atoms with van der Waals surface area (Å²) in [6, 6.07) is 11.3. The lowest BCUT2D eigenvalue weighted by Crippen LogP contribution is -2.40. The van der Waals surface area contributed by atoms with Crippen molar-refractivity contribution in [3.8, 4) is 5.75 Å². The molecule has 1 unspecified atom stereocenters. The summed E-state index contributed by atoms with van der Waals surface area (Å²) < 4.78 is 6.90. The van der Waals surface area contributed by atoms with Crippen LogP contribution in [0.1, 0.15) is 30.4 Å². The quantitative estimate of drug-likeness (QED) is 0.703. The van der Waals surface area contributed by atoms with Crippen LogP contribution in [0.3, 0.4) is 0 Å². The van der Waals surface area contributed by atoms with Crippen LogP contribution in [0.5, 0.6) is 5.75 Å². The third-order valence-electron chi connectivity index (χ3n) is 5.50. The Balaban J connectivity index is 1.71. The minimum absolute atomic E-state index is 0.0540. The number of hydrogen-bond acceptors (Lipinski definition) is 4. The maximum Gasteiger partial charge on any atom is 0.261 e.